The van der Waals surface area contributed by atoms with Crippen LogP contribution >= 0.6 is 0 Å². The van der Waals surface area contributed by atoms with Crippen LogP contribution in [0.2, 0.25) is 0 Å². The highest BCUT2D eigenvalue weighted by atomic mass is 16.5. The van der Waals surface area contributed by atoms with Gasteiger partial charge in [0.25, 0.3) is 0 Å². The first-order valence-corrected chi connectivity index (χ1v) is 7.66. The summed E-state index contributed by atoms with van der Waals surface area (Å²) in [5, 5.41) is 3.30. The molecule has 4 nitrogen and oxygen atoms in total. The Kier molecular flexibility index (Phi) is 4.04. The highest BCUT2D eigenvalue weighted by Crippen LogP contribution is 2.40. The lowest BCUT2D eigenvalue weighted by Crippen LogP contribution is -2.04. The molecule has 0 amide bonds. The molecule has 0 atom stereocenters. The molecule has 0 bridgehead atoms. The highest BCUT2D eigenvalue weighted by Gasteiger charge is 2.26. The SMILES string of the molecule is CCNc1cc(C2CC2)nc(-c2ccccc2OCC)n1. The molecule has 0 saturated heterocycles. The molecule has 0 aliphatic heterocycles. The molecule has 4 heteroatoms. The Morgan fingerprint density at radius 1 is 1.19 bits per heavy atom. The minimum absolute atomic E-state index is 0.600. The van der Waals surface area contributed by atoms with Gasteiger partial charge in [0.1, 0.15) is 11.6 Å². The zero-order valence-corrected chi connectivity index (χ0v) is 12.6. The van der Waals surface area contributed by atoms with Gasteiger partial charge in [-0.1, -0.05) is 12.1 Å². The van der Waals surface area contributed by atoms with Crippen molar-refractivity contribution in [1.29, 1.82) is 0 Å². The van der Waals surface area contributed by atoms with E-state index in [2.05, 4.69) is 23.3 Å². The van der Waals surface area contributed by atoms with Gasteiger partial charge in [0, 0.05) is 24.2 Å². The number of nitrogens with zero attached hydrogens (tertiary/aromatic N) is 2. The van der Waals surface area contributed by atoms with Gasteiger partial charge in [-0.15, -0.1) is 0 Å². The topological polar surface area (TPSA) is 47.0 Å². The van der Waals surface area contributed by atoms with Gasteiger partial charge >= 0.3 is 0 Å². The van der Waals surface area contributed by atoms with E-state index in [1.807, 2.05) is 31.2 Å². The molecule has 21 heavy (non-hydrogen) atoms. The van der Waals surface area contributed by atoms with E-state index < -0.39 is 0 Å². The normalized spacial score (nSPS) is 14.0. The Morgan fingerprint density at radius 2 is 2.00 bits per heavy atom. The van der Waals surface area contributed by atoms with Gasteiger partial charge in [-0.3, -0.25) is 0 Å². The lowest BCUT2D eigenvalue weighted by atomic mass is 10.1. The number of aromatic nitrogens is 2. The minimum Gasteiger partial charge on any atom is -0.493 e. The first-order chi connectivity index (χ1) is 10.3. The van der Waals surface area contributed by atoms with Crippen LogP contribution in [0.5, 0.6) is 5.75 Å². The molecular weight excluding hydrogens is 262 g/mol. The fraction of sp³-hybridized carbons (Fsp3) is 0.412. The average molecular weight is 283 g/mol. The van der Waals surface area contributed by atoms with Crippen molar-refractivity contribution in [3.05, 3.63) is 36.0 Å². The summed E-state index contributed by atoms with van der Waals surface area (Å²) in [6.45, 7) is 5.56. The van der Waals surface area contributed by atoms with Gasteiger partial charge in [0.15, 0.2) is 5.82 Å². The molecule has 1 aliphatic carbocycles. The summed E-state index contributed by atoms with van der Waals surface area (Å²) in [5.74, 6) is 3.09. The second-order valence-corrected chi connectivity index (χ2v) is 5.24. The third kappa shape index (κ3) is 3.15. The monoisotopic (exact) mass is 283 g/mol. The number of rotatable bonds is 6. The summed E-state index contributed by atoms with van der Waals surface area (Å²) in [6, 6.07) is 10.0. The third-order valence-electron chi connectivity index (χ3n) is 3.53. The average Bonchev–Trinajstić information content (AvgIpc) is 3.33. The van der Waals surface area contributed by atoms with Crippen molar-refractivity contribution in [1.82, 2.24) is 9.97 Å². The van der Waals surface area contributed by atoms with Gasteiger partial charge in [-0.25, -0.2) is 9.97 Å². The number of hydrogen-bond acceptors (Lipinski definition) is 4. The van der Waals surface area contributed by atoms with Crippen LogP contribution in [0.4, 0.5) is 5.82 Å². The number of benzene rings is 1. The zero-order valence-electron chi connectivity index (χ0n) is 12.6. The molecule has 1 N–H and O–H groups in total. The van der Waals surface area contributed by atoms with Crippen molar-refractivity contribution in [2.75, 3.05) is 18.5 Å². The maximum atomic E-state index is 5.71. The second-order valence-electron chi connectivity index (χ2n) is 5.24. The van der Waals surface area contributed by atoms with Crippen LogP contribution in [0.3, 0.4) is 0 Å². The van der Waals surface area contributed by atoms with Gasteiger partial charge < -0.3 is 10.1 Å². The van der Waals surface area contributed by atoms with E-state index in [-0.39, 0.29) is 0 Å². The maximum Gasteiger partial charge on any atom is 0.165 e. The number of ether oxygens (including phenoxy) is 1. The number of para-hydroxylation sites is 1. The predicted molar refractivity (Wildman–Crippen MR) is 84.8 cm³/mol. The van der Waals surface area contributed by atoms with Crippen molar-refractivity contribution in [2.45, 2.75) is 32.6 Å². The van der Waals surface area contributed by atoms with Crippen LogP contribution in [-0.4, -0.2) is 23.1 Å². The zero-order chi connectivity index (χ0) is 14.7. The van der Waals surface area contributed by atoms with E-state index in [0.29, 0.717) is 12.5 Å². The molecule has 0 spiro atoms. The molecular formula is C17H21N3O. The van der Waals surface area contributed by atoms with Crippen LogP contribution in [-0.2, 0) is 0 Å². The summed E-state index contributed by atoms with van der Waals surface area (Å²) >= 11 is 0. The Balaban J connectivity index is 2.04. The summed E-state index contributed by atoms with van der Waals surface area (Å²) in [7, 11) is 0. The molecule has 1 heterocycles. The Labute approximate surface area is 125 Å². The standard InChI is InChI=1S/C17H21N3O/c1-3-18-16-11-14(12-9-10-12)19-17(20-16)13-7-5-6-8-15(13)21-4-2/h5-8,11-12H,3-4,9-10H2,1-2H3,(H,18,19,20). The Bertz CT molecular complexity index is 623. The number of nitrogens with one attached hydrogen (secondary N) is 1. The Morgan fingerprint density at radius 3 is 2.71 bits per heavy atom. The van der Waals surface area contributed by atoms with Gasteiger partial charge in [0.05, 0.1) is 12.2 Å². The lowest BCUT2D eigenvalue weighted by molar-refractivity contribution is 0.341. The first kappa shape index (κ1) is 13.9. The van der Waals surface area contributed by atoms with Gasteiger partial charge in [-0.05, 0) is 38.8 Å². The summed E-state index contributed by atoms with van der Waals surface area (Å²) in [4.78, 5) is 9.40. The van der Waals surface area contributed by atoms with Crippen molar-refractivity contribution >= 4 is 5.82 Å². The predicted octanol–water partition coefficient (Wildman–Crippen LogP) is 3.85. The largest absolute Gasteiger partial charge is 0.493 e. The molecule has 1 aliphatic rings. The van der Waals surface area contributed by atoms with E-state index in [9.17, 15) is 0 Å². The molecule has 1 aromatic carbocycles. The third-order valence-corrected chi connectivity index (χ3v) is 3.53. The number of anilines is 1. The highest BCUT2D eigenvalue weighted by molar-refractivity contribution is 5.65. The fourth-order valence-electron chi connectivity index (χ4n) is 2.38. The van der Waals surface area contributed by atoms with E-state index in [1.54, 1.807) is 0 Å². The van der Waals surface area contributed by atoms with Crippen LogP contribution in [0.25, 0.3) is 11.4 Å². The van der Waals surface area contributed by atoms with Gasteiger partial charge in [-0.2, -0.15) is 0 Å². The fourth-order valence-corrected chi connectivity index (χ4v) is 2.38. The smallest absolute Gasteiger partial charge is 0.165 e. The van der Waals surface area contributed by atoms with Crippen LogP contribution in [0, 0.1) is 0 Å². The van der Waals surface area contributed by atoms with E-state index in [0.717, 1.165) is 35.2 Å². The van der Waals surface area contributed by atoms with Crippen molar-refractivity contribution in [2.24, 2.45) is 0 Å². The van der Waals surface area contributed by atoms with Crippen molar-refractivity contribution < 1.29 is 4.74 Å². The first-order valence-electron chi connectivity index (χ1n) is 7.66. The van der Waals surface area contributed by atoms with E-state index in [4.69, 9.17) is 9.72 Å². The lowest BCUT2D eigenvalue weighted by Gasteiger charge is -2.12. The summed E-state index contributed by atoms with van der Waals surface area (Å²) in [6.07, 6.45) is 2.46. The van der Waals surface area contributed by atoms with E-state index in [1.165, 1.54) is 12.8 Å². The van der Waals surface area contributed by atoms with Crippen LogP contribution in [0.15, 0.2) is 30.3 Å². The molecule has 3 rings (SSSR count). The second kappa shape index (κ2) is 6.12. The molecule has 0 radical (unpaired) electrons. The summed E-state index contributed by atoms with van der Waals surface area (Å²) < 4.78 is 5.71. The van der Waals surface area contributed by atoms with Crippen LogP contribution in [0.1, 0.15) is 38.3 Å². The molecule has 1 saturated carbocycles. The van der Waals surface area contributed by atoms with Crippen molar-refractivity contribution in [3.8, 4) is 17.1 Å². The molecule has 1 fully saturated rings. The van der Waals surface area contributed by atoms with Crippen molar-refractivity contribution in [3.63, 3.8) is 0 Å². The van der Waals surface area contributed by atoms with Crippen LogP contribution < -0.4 is 10.1 Å². The summed E-state index contributed by atoms with van der Waals surface area (Å²) in [5.41, 5.74) is 2.10. The minimum atomic E-state index is 0.600. The maximum absolute atomic E-state index is 5.71. The molecule has 0 unspecified atom stereocenters. The Hall–Kier alpha value is -2.10. The molecule has 2 aromatic rings. The number of hydrogen-bond donors (Lipinski definition) is 1. The quantitative estimate of drug-likeness (QED) is 0.874. The van der Waals surface area contributed by atoms with Gasteiger partial charge in [0.2, 0.25) is 0 Å². The molecule has 110 valence electrons. The van der Waals surface area contributed by atoms with E-state index >= 15 is 0 Å². The molecule has 1 aromatic heterocycles.